The van der Waals surface area contributed by atoms with Gasteiger partial charge in [-0.1, -0.05) is 30.1 Å². The van der Waals surface area contributed by atoms with Crippen LogP contribution in [-0.4, -0.2) is 11.4 Å². The van der Waals surface area contributed by atoms with Gasteiger partial charge in [0.05, 0.1) is 0 Å². The third-order valence-electron chi connectivity index (χ3n) is 2.12. The standard InChI is InChI=1S/C8H14OS3/c1-10-12-11-8(9)7-5-3-2-4-6-7/h7H,2-6H2,1H3. The SMILES string of the molecule is CSSSC(=O)C1CCCCC1. The van der Waals surface area contributed by atoms with Crippen LogP contribution in [0, 0.1) is 5.92 Å². The van der Waals surface area contributed by atoms with Crippen molar-refractivity contribution < 1.29 is 4.79 Å². The Morgan fingerprint density at radius 1 is 1.25 bits per heavy atom. The highest BCUT2D eigenvalue weighted by molar-refractivity contribution is 9.11. The van der Waals surface area contributed by atoms with Crippen LogP contribution in [-0.2, 0) is 4.79 Å². The number of hydrogen-bond acceptors (Lipinski definition) is 4. The molecular weight excluding hydrogens is 208 g/mol. The lowest BCUT2D eigenvalue weighted by atomic mass is 9.90. The van der Waals surface area contributed by atoms with Crippen molar-refractivity contribution in [3.8, 4) is 0 Å². The predicted octanol–water partition coefficient (Wildman–Crippen LogP) is 3.75. The number of hydrogen-bond donors (Lipinski definition) is 0. The molecule has 0 amide bonds. The van der Waals surface area contributed by atoms with Crippen LogP contribution in [0.1, 0.15) is 32.1 Å². The molecule has 1 aliphatic carbocycles. The minimum atomic E-state index is 0.364. The van der Waals surface area contributed by atoms with Gasteiger partial charge in [0.25, 0.3) is 0 Å². The van der Waals surface area contributed by atoms with Crippen molar-refractivity contribution in [1.29, 1.82) is 0 Å². The highest BCUT2D eigenvalue weighted by Gasteiger charge is 2.21. The van der Waals surface area contributed by atoms with Crippen molar-refractivity contribution in [3.05, 3.63) is 0 Å². The molecular formula is C8H14OS3. The molecule has 0 unspecified atom stereocenters. The van der Waals surface area contributed by atoms with Gasteiger partial charge >= 0.3 is 0 Å². The van der Waals surface area contributed by atoms with Crippen molar-refractivity contribution in [2.45, 2.75) is 32.1 Å². The molecule has 4 heteroatoms. The van der Waals surface area contributed by atoms with E-state index in [1.54, 1.807) is 20.6 Å². The molecule has 1 aliphatic rings. The van der Waals surface area contributed by atoms with Gasteiger partial charge < -0.3 is 0 Å². The molecule has 70 valence electrons. The first kappa shape index (κ1) is 10.8. The molecule has 1 nitrogen and oxygen atoms in total. The zero-order valence-corrected chi connectivity index (χ0v) is 9.70. The highest BCUT2D eigenvalue weighted by atomic mass is 33.5. The average Bonchev–Trinajstić information content (AvgIpc) is 2.15. The number of carbonyl (C=O) groups excluding carboxylic acids is 1. The molecule has 1 saturated carbocycles. The molecule has 1 rings (SSSR count). The predicted molar refractivity (Wildman–Crippen MR) is 60.3 cm³/mol. The Morgan fingerprint density at radius 2 is 1.92 bits per heavy atom. The molecule has 0 aliphatic heterocycles. The second-order valence-electron chi connectivity index (χ2n) is 2.97. The van der Waals surface area contributed by atoms with Gasteiger partial charge in [0.15, 0.2) is 0 Å². The third-order valence-corrected chi connectivity index (χ3v) is 5.77. The molecule has 0 spiro atoms. The van der Waals surface area contributed by atoms with Crippen LogP contribution < -0.4 is 0 Å². The lowest BCUT2D eigenvalue weighted by Crippen LogP contribution is -2.13. The van der Waals surface area contributed by atoms with Crippen LogP contribution in [0.4, 0.5) is 0 Å². The van der Waals surface area contributed by atoms with E-state index < -0.39 is 0 Å². The molecule has 0 atom stereocenters. The summed E-state index contributed by atoms with van der Waals surface area (Å²) < 4.78 is 0. The first-order chi connectivity index (χ1) is 5.84. The van der Waals surface area contributed by atoms with Crippen LogP contribution in [0.15, 0.2) is 0 Å². The van der Waals surface area contributed by atoms with E-state index in [0.29, 0.717) is 11.0 Å². The zero-order valence-electron chi connectivity index (χ0n) is 7.25. The van der Waals surface area contributed by atoms with Crippen LogP contribution in [0.3, 0.4) is 0 Å². The van der Waals surface area contributed by atoms with Crippen LogP contribution in [0.25, 0.3) is 0 Å². The molecule has 0 bridgehead atoms. The maximum Gasteiger partial charge on any atom is 0.203 e. The molecule has 1 fully saturated rings. The molecule has 0 aromatic carbocycles. The van der Waals surface area contributed by atoms with Gasteiger partial charge in [-0.15, -0.1) is 0 Å². The fourth-order valence-electron chi connectivity index (χ4n) is 1.47. The monoisotopic (exact) mass is 222 g/mol. The maximum absolute atomic E-state index is 11.5. The Balaban J connectivity index is 2.20. The van der Waals surface area contributed by atoms with Gasteiger partial charge in [0, 0.05) is 5.92 Å². The second-order valence-corrected chi connectivity index (χ2v) is 7.14. The minimum Gasteiger partial charge on any atom is -0.286 e. The fourth-order valence-corrected chi connectivity index (χ4v) is 4.01. The van der Waals surface area contributed by atoms with Crippen LogP contribution in [0.2, 0.25) is 0 Å². The van der Waals surface area contributed by atoms with Crippen molar-refractivity contribution in [1.82, 2.24) is 0 Å². The summed E-state index contributed by atoms with van der Waals surface area (Å²) in [6.07, 6.45) is 8.08. The Morgan fingerprint density at radius 3 is 2.50 bits per heavy atom. The Hall–Kier alpha value is 0.720. The molecule has 0 heterocycles. The van der Waals surface area contributed by atoms with Crippen LogP contribution in [0.5, 0.6) is 0 Å². The van der Waals surface area contributed by atoms with Gasteiger partial charge in [0.1, 0.15) is 0 Å². The van der Waals surface area contributed by atoms with Crippen molar-refractivity contribution in [2.24, 2.45) is 5.92 Å². The molecule has 0 N–H and O–H groups in total. The van der Waals surface area contributed by atoms with Crippen molar-refractivity contribution >= 4 is 36.5 Å². The molecule has 12 heavy (non-hydrogen) atoms. The van der Waals surface area contributed by atoms with Gasteiger partial charge in [0.2, 0.25) is 5.12 Å². The van der Waals surface area contributed by atoms with E-state index in [1.165, 1.54) is 30.1 Å². The Kier molecular flexibility index (Phi) is 5.59. The fraction of sp³-hybridized carbons (Fsp3) is 0.875. The molecule has 0 radical (unpaired) electrons. The summed E-state index contributed by atoms with van der Waals surface area (Å²) in [5, 5.41) is 0.397. The van der Waals surface area contributed by atoms with E-state index >= 15 is 0 Å². The molecule has 0 aromatic rings. The lowest BCUT2D eigenvalue weighted by molar-refractivity contribution is -0.115. The van der Waals surface area contributed by atoms with E-state index in [9.17, 15) is 4.79 Å². The van der Waals surface area contributed by atoms with Crippen molar-refractivity contribution in [3.63, 3.8) is 0 Å². The van der Waals surface area contributed by atoms with E-state index in [0.717, 1.165) is 12.8 Å². The smallest absolute Gasteiger partial charge is 0.203 e. The average molecular weight is 222 g/mol. The maximum atomic E-state index is 11.5. The Bertz CT molecular complexity index is 143. The summed E-state index contributed by atoms with van der Waals surface area (Å²) in [7, 11) is 4.67. The summed E-state index contributed by atoms with van der Waals surface area (Å²) in [5.74, 6) is 0.364. The van der Waals surface area contributed by atoms with E-state index in [4.69, 9.17) is 0 Å². The van der Waals surface area contributed by atoms with Crippen LogP contribution >= 0.6 is 31.4 Å². The highest BCUT2D eigenvalue weighted by Crippen LogP contribution is 2.37. The van der Waals surface area contributed by atoms with Gasteiger partial charge in [-0.25, -0.2) is 0 Å². The van der Waals surface area contributed by atoms with Crippen molar-refractivity contribution in [2.75, 3.05) is 6.26 Å². The van der Waals surface area contributed by atoms with E-state index in [2.05, 4.69) is 0 Å². The molecule has 0 saturated heterocycles. The summed E-state index contributed by atoms with van der Waals surface area (Å²) in [5.41, 5.74) is 0. The topological polar surface area (TPSA) is 17.1 Å². The molecule has 0 aromatic heterocycles. The summed E-state index contributed by atoms with van der Waals surface area (Å²) in [6, 6.07) is 0. The quantitative estimate of drug-likeness (QED) is 0.676. The minimum absolute atomic E-state index is 0.364. The summed E-state index contributed by atoms with van der Waals surface area (Å²) in [4.78, 5) is 11.5. The largest absolute Gasteiger partial charge is 0.286 e. The lowest BCUT2D eigenvalue weighted by Gasteiger charge is -2.18. The first-order valence-corrected chi connectivity index (χ1v) is 8.15. The number of carbonyl (C=O) groups is 1. The van der Waals surface area contributed by atoms with Gasteiger partial charge in [-0.2, -0.15) is 0 Å². The third kappa shape index (κ3) is 3.62. The van der Waals surface area contributed by atoms with Gasteiger partial charge in [-0.05, 0) is 39.7 Å². The van der Waals surface area contributed by atoms with E-state index in [1.807, 2.05) is 6.26 Å². The van der Waals surface area contributed by atoms with E-state index in [-0.39, 0.29) is 0 Å². The normalized spacial score (nSPS) is 19.4. The zero-order chi connectivity index (χ0) is 8.81. The number of rotatable bonds is 3. The second kappa shape index (κ2) is 6.22. The summed E-state index contributed by atoms with van der Waals surface area (Å²) in [6.45, 7) is 0. The van der Waals surface area contributed by atoms with Gasteiger partial charge in [-0.3, -0.25) is 4.79 Å². The first-order valence-electron chi connectivity index (χ1n) is 4.26. The Labute approximate surface area is 85.6 Å². The summed E-state index contributed by atoms with van der Waals surface area (Å²) >= 11 is 0.